The largest absolute Gasteiger partial charge is 0.359 e. The second kappa shape index (κ2) is 1.84. The van der Waals surface area contributed by atoms with Crippen molar-refractivity contribution in [3.8, 4) is 0 Å². The first-order valence-electron chi connectivity index (χ1n) is 3.18. The summed E-state index contributed by atoms with van der Waals surface area (Å²) < 4.78 is 0. The van der Waals surface area contributed by atoms with Gasteiger partial charge in [-0.05, 0) is 18.6 Å². The highest BCUT2D eigenvalue weighted by molar-refractivity contribution is 5.74. The topological polar surface area (TPSA) is 28.7 Å². The number of aryl methyl sites for hydroxylation is 1. The molecule has 2 heterocycles. The Morgan fingerprint density at radius 1 is 1.60 bits per heavy atom. The second-order valence-electron chi connectivity index (χ2n) is 2.30. The third kappa shape index (κ3) is 0.692. The van der Waals surface area contributed by atoms with Gasteiger partial charge in [-0.25, -0.2) is 0 Å². The predicted molar refractivity (Wildman–Crippen MR) is 39.7 cm³/mol. The molecule has 1 radical (unpaired) electrons. The quantitative estimate of drug-likeness (QED) is 0.578. The lowest BCUT2D eigenvalue weighted by Gasteiger charge is -1.88. The third-order valence-corrected chi connectivity index (χ3v) is 1.44. The first kappa shape index (κ1) is 5.47. The summed E-state index contributed by atoms with van der Waals surface area (Å²) in [4.78, 5) is 7.22. The van der Waals surface area contributed by atoms with Crippen molar-refractivity contribution in [2.75, 3.05) is 0 Å². The summed E-state index contributed by atoms with van der Waals surface area (Å²) in [6.07, 6.45) is 3.68. The average molecular weight is 131 g/mol. The Morgan fingerprint density at radius 3 is 3.40 bits per heavy atom. The van der Waals surface area contributed by atoms with E-state index in [0.717, 1.165) is 16.6 Å². The highest BCUT2D eigenvalue weighted by atomic mass is 14.7. The molecule has 10 heavy (non-hydrogen) atoms. The van der Waals surface area contributed by atoms with Gasteiger partial charge in [0.2, 0.25) is 0 Å². The molecule has 0 aliphatic heterocycles. The minimum atomic E-state index is 0.977. The molecular weight excluding hydrogens is 124 g/mol. The maximum absolute atomic E-state index is 4.18. The van der Waals surface area contributed by atoms with Crippen LogP contribution in [0.2, 0.25) is 0 Å². The maximum atomic E-state index is 4.18. The molecule has 1 N–H and O–H groups in total. The van der Waals surface area contributed by atoms with Crippen LogP contribution in [0.4, 0.5) is 0 Å². The van der Waals surface area contributed by atoms with E-state index in [9.17, 15) is 0 Å². The summed E-state index contributed by atoms with van der Waals surface area (Å²) >= 11 is 0. The van der Waals surface area contributed by atoms with E-state index < -0.39 is 0 Å². The van der Waals surface area contributed by atoms with Gasteiger partial charge in [-0.15, -0.1) is 0 Å². The molecule has 0 saturated heterocycles. The maximum Gasteiger partial charge on any atom is 0.0885 e. The van der Waals surface area contributed by atoms with Crippen molar-refractivity contribution in [1.82, 2.24) is 9.97 Å². The Bertz CT molecular complexity index is 349. The lowest BCUT2D eigenvalue weighted by atomic mass is 10.3. The zero-order chi connectivity index (χ0) is 6.97. The summed E-state index contributed by atoms with van der Waals surface area (Å²) in [6.45, 7) is 1.98. The van der Waals surface area contributed by atoms with Crippen molar-refractivity contribution in [3.05, 3.63) is 30.1 Å². The molecule has 2 heteroatoms. The fourth-order valence-corrected chi connectivity index (χ4v) is 0.965. The number of hydrogen-bond donors (Lipinski definition) is 1. The van der Waals surface area contributed by atoms with Crippen molar-refractivity contribution in [1.29, 1.82) is 0 Å². The van der Waals surface area contributed by atoms with Crippen LogP contribution in [-0.4, -0.2) is 9.97 Å². The second-order valence-corrected chi connectivity index (χ2v) is 2.30. The Labute approximate surface area is 58.9 Å². The minimum absolute atomic E-state index is 0.977. The lowest BCUT2D eigenvalue weighted by molar-refractivity contribution is 1.32. The molecule has 0 aliphatic carbocycles. The first-order chi connectivity index (χ1) is 4.86. The highest BCUT2D eigenvalue weighted by Gasteiger charge is 1.93. The normalized spacial score (nSPS) is 10.5. The van der Waals surface area contributed by atoms with Crippen LogP contribution in [-0.2, 0) is 0 Å². The SMILES string of the molecule is Cc1[c]c2[nH]ccc2nc1. The molecule has 0 aromatic carbocycles. The van der Waals surface area contributed by atoms with Crippen LogP contribution in [0.1, 0.15) is 5.56 Å². The number of hydrogen-bond acceptors (Lipinski definition) is 1. The Hall–Kier alpha value is -1.31. The Balaban J connectivity index is 2.86. The van der Waals surface area contributed by atoms with Gasteiger partial charge in [-0.3, -0.25) is 4.98 Å². The molecule has 49 valence electrons. The zero-order valence-corrected chi connectivity index (χ0v) is 5.68. The van der Waals surface area contributed by atoms with E-state index in [0.29, 0.717) is 0 Å². The van der Waals surface area contributed by atoms with Crippen LogP contribution in [0.15, 0.2) is 18.5 Å². The van der Waals surface area contributed by atoms with Gasteiger partial charge in [-0.1, -0.05) is 0 Å². The van der Waals surface area contributed by atoms with Crippen LogP contribution < -0.4 is 0 Å². The van der Waals surface area contributed by atoms with Crippen LogP contribution in [0.3, 0.4) is 0 Å². The van der Waals surface area contributed by atoms with Crippen molar-refractivity contribution in [3.63, 3.8) is 0 Å². The van der Waals surface area contributed by atoms with E-state index in [4.69, 9.17) is 0 Å². The molecule has 0 atom stereocenters. The van der Waals surface area contributed by atoms with Gasteiger partial charge >= 0.3 is 0 Å². The van der Waals surface area contributed by atoms with Crippen LogP contribution in [0.5, 0.6) is 0 Å². The number of aromatic nitrogens is 2. The molecule has 2 aromatic heterocycles. The van der Waals surface area contributed by atoms with Crippen LogP contribution in [0.25, 0.3) is 11.0 Å². The number of aromatic amines is 1. The van der Waals surface area contributed by atoms with E-state index in [-0.39, 0.29) is 0 Å². The molecule has 2 rings (SSSR count). The molecule has 0 fully saturated rings. The average Bonchev–Trinajstić information content (AvgIpc) is 2.33. The lowest BCUT2D eigenvalue weighted by Crippen LogP contribution is -1.77. The van der Waals surface area contributed by atoms with Crippen LogP contribution in [0, 0.1) is 13.0 Å². The number of rotatable bonds is 0. The first-order valence-corrected chi connectivity index (χ1v) is 3.18. The fraction of sp³-hybridized carbons (Fsp3) is 0.125. The minimum Gasteiger partial charge on any atom is -0.359 e. The molecular formula is C8H7N2. The van der Waals surface area contributed by atoms with E-state index in [1.165, 1.54) is 0 Å². The monoisotopic (exact) mass is 131 g/mol. The predicted octanol–water partition coefficient (Wildman–Crippen LogP) is 1.67. The van der Waals surface area contributed by atoms with Gasteiger partial charge in [0.25, 0.3) is 0 Å². The molecule has 0 spiro atoms. The molecule has 0 amide bonds. The summed E-state index contributed by atoms with van der Waals surface area (Å²) in [5.74, 6) is 0. The van der Waals surface area contributed by atoms with Gasteiger partial charge in [-0.2, -0.15) is 0 Å². The van der Waals surface area contributed by atoms with Gasteiger partial charge in [0.15, 0.2) is 0 Å². The molecule has 0 unspecified atom stereocenters. The summed E-state index contributed by atoms with van der Waals surface area (Å²) in [5, 5.41) is 0. The van der Waals surface area contributed by atoms with Gasteiger partial charge in [0.1, 0.15) is 0 Å². The number of fused-ring (bicyclic) bond motifs is 1. The summed E-state index contributed by atoms with van der Waals surface area (Å²) in [5.41, 5.74) is 3.03. The summed E-state index contributed by atoms with van der Waals surface area (Å²) in [7, 11) is 0. The number of pyridine rings is 1. The number of nitrogens with zero attached hydrogens (tertiary/aromatic N) is 1. The fourth-order valence-electron chi connectivity index (χ4n) is 0.965. The third-order valence-electron chi connectivity index (χ3n) is 1.44. The van der Waals surface area contributed by atoms with Crippen molar-refractivity contribution in [2.24, 2.45) is 0 Å². The van der Waals surface area contributed by atoms with Gasteiger partial charge < -0.3 is 4.98 Å². The van der Waals surface area contributed by atoms with E-state index in [1.54, 1.807) is 0 Å². The van der Waals surface area contributed by atoms with E-state index in [2.05, 4.69) is 16.0 Å². The van der Waals surface area contributed by atoms with E-state index >= 15 is 0 Å². The molecule has 0 saturated carbocycles. The molecule has 2 nitrogen and oxygen atoms in total. The smallest absolute Gasteiger partial charge is 0.0885 e. The van der Waals surface area contributed by atoms with Gasteiger partial charge in [0.05, 0.1) is 11.0 Å². The van der Waals surface area contributed by atoms with Crippen molar-refractivity contribution < 1.29 is 0 Å². The zero-order valence-electron chi connectivity index (χ0n) is 5.68. The number of nitrogens with one attached hydrogen (secondary N) is 1. The molecule has 0 aliphatic rings. The highest BCUT2D eigenvalue weighted by Crippen LogP contribution is 2.08. The van der Waals surface area contributed by atoms with Crippen molar-refractivity contribution in [2.45, 2.75) is 6.92 Å². The Morgan fingerprint density at radius 2 is 2.50 bits per heavy atom. The van der Waals surface area contributed by atoms with Crippen LogP contribution >= 0.6 is 0 Å². The standard InChI is InChI=1S/C8H7N2/c1-6-4-8-7(10-5-6)2-3-9-8/h2-3,5,9H,1H3. The summed E-state index contributed by atoms with van der Waals surface area (Å²) in [6, 6.07) is 5.09. The number of H-pyrrole nitrogens is 1. The Kier molecular flexibility index (Phi) is 1.01. The van der Waals surface area contributed by atoms with Crippen molar-refractivity contribution >= 4 is 11.0 Å². The molecule has 2 aromatic rings. The van der Waals surface area contributed by atoms with Gasteiger partial charge in [0, 0.05) is 18.5 Å². The van der Waals surface area contributed by atoms with E-state index in [1.807, 2.05) is 25.4 Å². The molecule has 0 bridgehead atoms.